The van der Waals surface area contributed by atoms with E-state index in [1.165, 1.54) is 36.4 Å². The molecular weight excluding hydrogens is 371 g/mol. The van der Waals surface area contributed by atoms with E-state index in [0.717, 1.165) is 25.0 Å². The summed E-state index contributed by atoms with van der Waals surface area (Å²) in [4.78, 5) is 12.1. The van der Waals surface area contributed by atoms with Crippen LogP contribution in [0.25, 0.3) is 0 Å². The van der Waals surface area contributed by atoms with Gasteiger partial charge in [-0.1, -0.05) is 0 Å². The number of nitrogens with one attached hydrogen (secondary N) is 2. The molecule has 0 heterocycles. The summed E-state index contributed by atoms with van der Waals surface area (Å²) in [5, 5.41) is 5.52. The molecule has 0 aliphatic heterocycles. The molecule has 0 unspecified atom stereocenters. The van der Waals surface area contributed by atoms with Gasteiger partial charge < -0.3 is 15.4 Å². The van der Waals surface area contributed by atoms with Crippen molar-refractivity contribution in [3.63, 3.8) is 0 Å². The number of amides is 2. The lowest BCUT2D eigenvalue weighted by atomic mass is 9.89. The molecule has 1 aliphatic carbocycles. The summed E-state index contributed by atoms with van der Waals surface area (Å²) >= 11 is 0. The van der Waals surface area contributed by atoms with Crippen LogP contribution in [0.3, 0.4) is 0 Å². The highest BCUT2D eigenvalue weighted by Crippen LogP contribution is 2.24. The van der Waals surface area contributed by atoms with Crippen molar-refractivity contribution < 1.29 is 22.3 Å². The van der Waals surface area contributed by atoms with Crippen molar-refractivity contribution in [1.29, 1.82) is 0 Å². The van der Waals surface area contributed by atoms with Crippen LogP contribution in [0.2, 0.25) is 0 Å². The third kappa shape index (κ3) is 4.64. The number of hydrogen-bond donors (Lipinski definition) is 2. The maximum Gasteiger partial charge on any atom is 0.319 e. The highest BCUT2D eigenvalue weighted by molar-refractivity contribution is 7.91. The molecule has 0 radical (unpaired) electrons. The lowest BCUT2D eigenvalue weighted by molar-refractivity contribution is -0.00673. The van der Waals surface area contributed by atoms with E-state index in [0.29, 0.717) is 12.3 Å². The molecule has 0 bridgehead atoms. The quantitative estimate of drug-likeness (QED) is 0.739. The van der Waals surface area contributed by atoms with Crippen LogP contribution in [0.15, 0.2) is 58.3 Å². The number of carbonyl (C=O) groups is 1. The molecule has 144 valence electrons. The fraction of sp³-hybridized carbons (Fsp3) is 0.316. The van der Waals surface area contributed by atoms with Gasteiger partial charge in [-0.25, -0.2) is 17.6 Å². The molecular formula is C19H21FN2O4S. The van der Waals surface area contributed by atoms with Gasteiger partial charge in [0.2, 0.25) is 9.84 Å². The third-order valence-electron chi connectivity index (χ3n) is 4.38. The Morgan fingerprint density at radius 1 is 1.07 bits per heavy atom. The van der Waals surface area contributed by atoms with Crippen molar-refractivity contribution >= 4 is 21.6 Å². The molecule has 0 atom stereocenters. The van der Waals surface area contributed by atoms with Crippen LogP contribution < -0.4 is 10.6 Å². The summed E-state index contributed by atoms with van der Waals surface area (Å²) in [5.74, 6) is -0.501. The topological polar surface area (TPSA) is 84.5 Å². The van der Waals surface area contributed by atoms with Crippen LogP contribution in [0.4, 0.5) is 14.9 Å². The molecule has 2 N–H and O–H groups in total. The van der Waals surface area contributed by atoms with Crippen LogP contribution in [-0.2, 0) is 14.6 Å². The molecule has 8 heteroatoms. The first-order valence-corrected chi connectivity index (χ1v) is 10.2. The summed E-state index contributed by atoms with van der Waals surface area (Å²) in [5.41, 5.74) is 0.478. The first-order chi connectivity index (χ1) is 12.9. The summed E-state index contributed by atoms with van der Waals surface area (Å²) in [6, 6.07) is 10.2. The first kappa shape index (κ1) is 19.3. The Morgan fingerprint density at radius 3 is 2.19 bits per heavy atom. The predicted molar refractivity (Wildman–Crippen MR) is 98.9 cm³/mol. The molecule has 0 saturated heterocycles. The average Bonchev–Trinajstić information content (AvgIpc) is 2.61. The number of ether oxygens (including phenoxy) is 1. The van der Waals surface area contributed by atoms with E-state index in [9.17, 15) is 17.6 Å². The molecule has 2 amide bonds. The second-order valence-electron chi connectivity index (χ2n) is 6.33. The largest absolute Gasteiger partial charge is 0.378 e. The molecule has 3 rings (SSSR count). The lowest BCUT2D eigenvalue weighted by Crippen LogP contribution is -2.49. The molecule has 1 saturated carbocycles. The Balaban J connectivity index is 1.58. The Kier molecular flexibility index (Phi) is 5.76. The van der Waals surface area contributed by atoms with Gasteiger partial charge in [0, 0.05) is 18.3 Å². The van der Waals surface area contributed by atoms with Crippen molar-refractivity contribution in [2.45, 2.75) is 41.7 Å². The van der Waals surface area contributed by atoms with Crippen LogP contribution in [0.5, 0.6) is 0 Å². The average molecular weight is 392 g/mol. The van der Waals surface area contributed by atoms with Gasteiger partial charge in [0.05, 0.1) is 15.9 Å². The maximum atomic E-state index is 13.0. The standard InChI is InChI=1S/C19H21FN2O4S/c1-2-26-16-11-15(12-16)22-19(23)21-14-5-9-18(10-6-14)27(24,25)17-7-3-13(20)4-8-17/h3-10,15-16H,2,11-12H2,1H3,(H2,21,22,23). The Bertz CT molecular complexity index is 892. The van der Waals surface area contributed by atoms with Gasteiger partial charge >= 0.3 is 6.03 Å². The first-order valence-electron chi connectivity index (χ1n) is 8.68. The summed E-state index contributed by atoms with van der Waals surface area (Å²) in [7, 11) is -3.74. The van der Waals surface area contributed by atoms with E-state index >= 15 is 0 Å². The molecule has 0 aromatic heterocycles. The zero-order valence-electron chi connectivity index (χ0n) is 14.8. The van der Waals surface area contributed by atoms with Gasteiger partial charge in [-0.15, -0.1) is 0 Å². The van der Waals surface area contributed by atoms with Crippen LogP contribution in [-0.4, -0.2) is 33.2 Å². The normalized spacial score (nSPS) is 19.2. The number of urea groups is 1. The van der Waals surface area contributed by atoms with E-state index < -0.39 is 15.7 Å². The van der Waals surface area contributed by atoms with Gasteiger partial charge in [0.1, 0.15) is 5.82 Å². The molecule has 2 aromatic carbocycles. The van der Waals surface area contributed by atoms with Crippen molar-refractivity contribution in [1.82, 2.24) is 5.32 Å². The predicted octanol–water partition coefficient (Wildman–Crippen LogP) is 3.35. The summed E-state index contributed by atoms with van der Waals surface area (Å²) in [6.45, 7) is 2.60. The molecule has 6 nitrogen and oxygen atoms in total. The van der Waals surface area contributed by atoms with Gasteiger partial charge in [0.25, 0.3) is 0 Å². The monoisotopic (exact) mass is 392 g/mol. The summed E-state index contributed by atoms with van der Waals surface area (Å²) in [6.07, 6.45) is 1.78. The lowest BCUT2D eigenvalue weighted by Gasteiger charge is -2.35. The molecule has 1 aliphatic rings. The summed E-state index contributed by atoms with van der Waals surface area (Å²) < 4.78 is 43.5. The SMILES string of the molecule is CCOC1CC(NC(=O)Nc2ccc(S(=O)(=O)c3ccc(F)cc3)cc2)C1. The zero-order valence-corrected chi connectivity index (χ0v) is 15.6. The van der Waals surface area contributed by atoms with E-state index in [-0.39, 0.29) is 28.0 Å². The Hall–Kier alpha value is -2.45. The zero-order chi connectivity index (χ0) is 19.4. The smallest absolute Gasteiger partial charge is 0.319 e. The second kappa shape index (κ2) is 8.06. The fourth-order valence-electron chi connectivity index (χ4n) is 2.88. The number of benzene rings is 2. The van der Waals surface area contributed by atoms with E-state index in [2.05, 4.69) is 10.6 Å². The number of carbonyl (C=O) groups excluding carboxylic acids is 1. The Labute approximate surface area is 157 Å². The minimum atomic E-state index is -3.74. The number of hydrogen-bond acceptors (Lipinski definition) is 4. The third-order valence-corrected chi connectivity index (χ3v) is 6.16. The van der Waals surface area contributed by atoms with Crippen LogP contribution in [0.1, 0.15) is 19.8 Å². The van der Waals surface area contributed by atoms with Gasteiger partial charge in [-0.3, -0.25) is 0 Å². The van der Waals surface area contributed by atoms with E-state index in [1.807, 2.05) is 6.92 Å². The Morgan fingerprint density at radius 2 is 1.63 bits per heavy atom. The number of sulfone groups is 1. The maximum absolute atomic E-state index is 13.0. The molecule has 1 fully saturated rings. The number of rotatable bonds is 6. The van der Waals surface area contributed by atoms with Crippen molar-refractivity contribution in [3.05, 3.63) is 54.3 Å². The minimum Gasteiger partial charge on any atom is -0.378 e. The van der Waals surface area contributed by atoms with Crippen molar-refractivity contribution in [2.75, 3.05) is 11.9 Å². The highest BCUT2D eigenvalue weighted by Gasteiger charge is 2.30. The van der Waals surface area contributed by atoms with Gasteiger partial charge in [-0.05, 0) is 68.3 Å². The van der Waals surface area contributed by atoms with Crippen LogP contribution in [0, 0.1) is 5.82 Å². The molecule has 27 heavy (non-hydrogen) atoms. The number of anilines is 1. The highest BCUT2D eigenvalue weighted by atomic mass is 32.2. The van der Waals surface area contributed by atoms with Crippen LogP contribution >= 0.6 is 0 Å². The van der Waals surface area contributed by atoms with Gasteiger partial charge in [0.15, 0.2) is 0 Å². The van der Waals surface area contributed by atoms with E-state index in [4.69, 9.17) is 4.74 Å². The molecule has 2 aromatic rings. The van der Waals surface area contributed by atoms with Crippen molar-refractivity contribution in [3.8, 4) is 0 Å². The van der Waals surface area contributed by atoms with E-state index in [1.54, 1.807) is 0 Å². The van der Waals surface area contributed by atoms with Gasteiger partial charge in [-0.2, -0.15) is 0 Å². The fourth-order valence-corrected chi connectivity index (χ4v) is 4.14. The van der Waals surface area contributed by atoms with Crippen molar-refractivity contribution in [2.24, 2.45) is 0 Å². The molecule has 0 spiro atoms. The number of halogens is 1. The minimum absolute atomic E-state index is 0.0104. The second-order valence-corrected chi connectivity index (χ2v) is 8.28.